The average molecular weight is 275 g/mol. The Bertz CT molecular complexity index is 599. The van der Waals surface area contributed by atoms with E-state index in [2.05, 4.69) is 5.32 Å². The summed E-state index contributed by atoms with van der Waals surface area (Å²) in [6.45, 7) is 2.27. The maximum absolute atomic E-state index is 13.5. The van der Waals surface area contributed by atoms with Crippen molar-refractivity contribution in [1.82, 2.24) is 0 Å². The highest BCUT2D eigenvalue weighted by molar-refractivity contribution is 5.48. The van der Waals surface area contributed by atoms with E-state index in [1.165, 1.54) is 6.07 Å². The van der Waals surface area contributed by atoms with Gasteiger partial charge in [0, 0.05) is 17.8 Å². The SMILES string of the molecule is COc1ccc(OC)c(CNc2ccc(C)c(F)c2)c1. The Balaban J connectivity index is 2.15. The van der Waals surface area contributed by atoms with E-state index in [1.54, 1.807) is 27.2 Å². The molecule has 0 unspecified atom stereocenters. The molecule has 4 heteroatoms. The predicted octanol–water partition coefficient (Wildman–Crippen LogP) is 3.76. The molecule has 0 heterocycles. The number of benzene rings is 2. The van der Waals surface area contributed by atoms with Crippen molar-refractivity contribution >= 4 is 5.69 Å². The first-order valence-electron chi connectivity index (χ1n) is 6.35. The van der Waals surface area contributed by atoms with Crippen LogP contribution in [0.4, 0.5) is 10.1 Å². The van der Waals surface area contributed by atoms with Crippen LogP contribution in [0.1, 0.15) is 11.1 Å². The molecule has 0 amide bonds. The molecule has 1 N–H and O–H groups in total. The molecule has 0 fully saturated rings. The van der Waals surface area contributed by atoms with Gasteiger partial charge < -0.3 is 14.8 Å². The third-order valence-electron chi connectivity index (χ3n) is 3.14. The minimum Gasteiger partial charge on any atom is -0.497 e. The maximum atomic E-state index is 13.5. The topological polar surface area (TPSA) is 30.5 Å². The van der Waals surface area contributed by atoms with Gasteiger partial charge in [-0.05, 0) is 42.8 Å². The van der Waals surface area contributed by atoms with E-state index in [9.17, 15) is 4.39 Å². The second-order valence-electron chi connectivity index (χ2n) is 4.50. The molecule has 0 atom stereocenters. The fraction of sp³-hybridized carbons (Fsp3) is 0.250. The summed E-state index contributed by atoms with van der Waals surface area (Å²) in [7, 11) is 3.24. The maximum Gasteiger partial charge on any atom is 0.128 e. The molecule has 0 saturated carbocycles. The summed E-state index contributed by atoms with van der Waals surface area (Å²) in [5, 5.41) is 3.18. The van der Waals surface area contributed by atoms with Crippen molar-refractivity contribution in [3.8, 4) is 11.5 Å². The first kappa shape index (κ1) is 14.2. The Morgan fingerprint density at radius 2 is 1.85 bits per heavy atom. The van der Waals surface area contributed by atoms with Crippen molar-refractivity contribution in [2.45, 2.75) is 13.5 Å². The zero-order valence-electron chi connectivity index (χ0n) is 11.9. The largest absolute Gasteiger partial charge is 0.497 e. The zero-order valence-corrected chi connectivity index (χ0v) is 11.9. The molecule has 2 rings (SSSR count). The molecule has 0 bridgehead atoms. The van der Waals surface area contributed by atoms with Crippen LogP contribution in [0.25, 0.3) is 0 Å². The zero-order chi connectivity index (χ0) is 14.5. The second kappa shape index (κ2) is 6.28. The molecular weight excluding hydrogens is 257 g/mol. The molecule has 0 aliphatic carbocycles. The van der Waals surface area contributed by atoms with Crippen LogP contribution >= 0.6 is 0 Å². The third kappa shape index (κ3) is 3.20. The quantitative estimate of drug-likeness (QED) is 0.901. The predicted molar refractivity (Wildman–Crippen MR) is 78.0 cm³/mol. The van der Waals surface area contributed by atoms with Crippen LogP contribution in [-0.4, -0.2) is 14.2 Å². The number of hydrogen-bond acceptors (Lipinski definition) is 3. The van der Waals surface area contributed by atoms with Crippen molar-refractivity contribution < 1.29 is 13.9 Å². The highest BCUT2D eigenvalue weighted by Crippen LogP contribution is 2.25. The van der Waals surface area contributed by atoms with Gasteiger partial charge in [-0.2, -0.15) is 0 Å². The van der Waals surface area contributed by atoms with Crippen molar-refractivity contribution in [3.63, 3.8) is 0 Å². The van der Waals surface area contributed by atoms with Gasteiger partial charge in [0.1, 0.15) is 17.3 Å². The van der Waals surface area contributed by atoms with Gasteiger partial charge in [0.05, 0.1) is 14.2 Å². The number of aryl methyl sites for hydroxylation is 1. The van der Waals surface area contributed by atoms with Crippen LogP contribution in [0.15, 0.2) is 36.4 Å². The van der Waals surface area contributed by atoms with Crippen LogP contribution in [0.3, 0.4) is 0 Å². The van der Waals surface area contributed by atoms with Crippen LogP contribution in [0.5, 0.6) is 11.5 Å². The molecule has 0 aliphatic heterocycles. The molecule has 0 aliphatic rings. The summed E-state index contributed by atoms with van der Waals surface area (Å²) in [4.78, 5) is 0. The number of ether oxygens (including phenoxy) is 2. The van der Waals surface area contributed by atoms with Gasteiger partial charge in [0.2, 0.25) is 0 Å². The van der Waals surface area contributed by atoms with Crippen LogP contribution in [0.2, 0.25) is 0 Å². The Kier molecular flexibility index (Phi) is 4.45. The molecule has 3 nitrogen and oxygen atoms in total. The van der Waals surface area contributed by atoms with Crippen molar-refractivity contribution in [2.24, 2.45) is 0 Å². The third-order valence-corrected chi connectivity index (χ3v) is 3.14. The Morgan fingerprint density at radius 3 is 2.50 bits per heavy atom. The number of methoxy groups -OCH3 is 2. The fourth-order valence-electron chi connectivity index (χ4n) is 1.92. The lowest BCUT2D eigenvalue weighted by atomic mass is 10.1. The monoisotopic (exact) mass is 275 g/mol. The van der Waals surface area contributed by atoms with Gasteiger partial charge in [-0.3, -0.25) is 0 Å². The number of nitrogens with one attached hydrogen (secondary N) is 1. The lowest BCUT2D eigenvalue weighted by Gasteiger charge is -2.12. The fourth-order valence-corrected chi connectivity index (χ4v) is 1.92. The molecule has 0 radical (unpaired) electrons. The summed E-state index contributed by atoms with van der Waals surface area (Å²) in [6.07, 6.45) is 0. The van der Waals surface area contributed by atoms with E-state index in [-0.39, 0.29) is 5.82 Å². The normalized spacial score (nSPS) is 10.2. The Morgan fingerprint density at radius 1 is 1.05 bits per heavy atom. The molecule has 20 heavy (non-hydrogen) atoms. The van der Waals surface area contributed by atoms with Gasteiger partial charge in [0.25, 0.3) is 0 Å². The van der Waals surface area contributed by atoms with Gasteiger partial charge in [0.15, 0.2) is 0 Å². The summed E-state index contributed by atoms with van der Waals surface area (Å²) in [6, 6.07) is 10.7. The molecule has 0 spiro atoms. The molecule has 106 valence electrons. The van der Waals surface area contributed by atoms with E-state index in [0.29, 0.717) is 12.1 Å². The summed E-state index contributed by atoms with van der Waals surface area (Å²) >= 11 is 0. The number of rotatable bonds is 5. The van der Waals surface area contributed by atoms with E-state index >= 15 is 0 Å². The Labute approximate surface area is 118 Å². The van der Waals surface area contributed by atoms with Gasteiger partial charge >= 0.3 is 0 Å². The minimum absolute atomic E-state index is 0.215. The van der Waals surface area contributed by atoms with E-state index in [4.69, 9.17) is 9.47 Å². The molecule has 2 aromatic rings. The van der Waals surface area contributed by atoms with Crippen molar-refractivity contribution in [3.05, 3.63) is 53.3 Å². The van der Waals surface area contributed by atoms with E-state index in [1.807, 2.05) is 24.3 Å². The molecular formula is C16H18FNO2. The van der Waals surface area contributed by atoms with Crippen molar-refractivity contribution in [1.29, 1.82) is 0 Å². The standard InChI is InChI=1S/C16H18FNO2/c1-11-4-5-13(9-15(11)17)18-10-12-8-14(19-2)6-7-16(12)20-3/h4-9,18H,10H2,1-3H3. The number of anilines is 1. The van der Waals surface area contributed by atoms with Crippen molar-refractivity contribution in [2.75, 3.05) is 19.5 Å². The summed E-state index contributed by atoms with van der Waals surface area (Å²) < 4.78 is 24.0. The van der Waals surface area contributed by atoms with Crippen LogP contribution in [0, 0.1) is 12.7 Å². The lowest BCUT2D eigenvalue weighted by Crippen LogP contribution is -2.02. The van der Waals surface area contributed by atoms with Crippen LogP contribution in [-0.2, 0) is 6.54 Å². The summed E-state index contributed by atoms with van der Waals surface area (Å²) in [5.41, 5.74) is 2.32. The van der Waals surface area contributed by atoms with Crippen LogP contribution < -0.4 is 14.8 Å². The average Bonchev–Trinajstić information content (AvgIpc) is 2.48. The van der Waals surface area contributed by atoms with Gasteiger partial charge in [-0.15, -0.1) is 0 Å². The number of hydrogen-bond donors (Lipinski definition) is 1. The lowest BCUT2D eigenvalue weighted by molar-refractivity contribution is 0.399. The van der Waals surface area contributed by atoms with E-state index < -0.39 is 0 Å². The summed E-state index contributed by atoms with van der Waals surface area (Å²) in [5.74, 6) is 1.32. The van der Waals surface area contributed by atoms with Gasteiger partial charge in [-0.1, -0.05) is 6.07 Å². The first-order chi connectivity index (χ1) is 9.63. The minimum atomic E-state index is -0.215. The van der Waals surface area contributed by atoms with E-state index in [0.717, 1.165) is 22.7 Å². The van der Waals surface area contributed by atoms with Gasteiger partial charge in [-0.25, -0.2) is 4.39 Å². The smallest absolute Gasteiger partial charge is 0.128 e. The Hall–Kier alpha value is -2.23. The number of halogens is 1. The first-order valence-corrected chi connectivity index (χ1v) is 6.35. The second-order valence-corrected chi connectivity index (χ2v) is 4.50. The molecule has 0 aromatic heterocycles. The molecule has 2 aromatic carbocycles. The highest BCUT2D eigenvalue weighted by Gasteiger charge is 2.06. The molecule has 0 saturated heterocycles. The highest BCUT2D eigenvalue weighted by atomic mass is 19.1.